The fourth-order valence-electron chi connectivity index (χ4n) is 1.22. The number of benzene rings is 1. The van der Waals surface area contributed by atoms with Crippen molar-refractivity contribution in [2.75, 3.05) is 18.5 Å². The number of halogens is 3. The monoisotopic (exact) mass is 323 g/mol. The average molecular weight is 325 g/mol. The van der Waals surface area contributed by atoms with E-state index in [4.69, 9.17) is 45.3 Å². The van der Waals surface area contributed by atoms with Gasteiger partial charge in [-0.2, -0.15) is 0 Å². The van der Waals surface area contributed by atoms with Crippen LogP contribution in [0.2, 0.25) is 0 Å². The first kappa shape index (κ1) is 15.9. The molecule has 0 saturated carbocycles. The van der Waals surface area contributed by atoms with Crippen molar-refractivity contribution in [1.82, 2.24) is 5.73 Å². The van der Waals surface area contributed by atoms with Crippen LogP contribution in [0.4, 0.5) is 5.69 Å². The summed E-state index contributed by atoms with van der Waals surface area (Å²) in [7, 11) is 0. The number of carbonyl (C=O) groups excluding carboxylic acids is 2. The molecule has 19 heavy (non-hydrogen) atoms. The normalized spacial score (nSPS) is 10.9. The number of carbonyl (C=O) groups is 2. The molecule has 0 spiro atoms. The first-order chi connectivity index (χ1) is 8.79. The van der Waals surface area contributed by atoms with Gasteiger partial charge in [-0.1, -0.05) is 46.9 Å². The standard InChI is InChI=1S/C11H10Cl3N2O3/c12-11(13,14)6-19-10(18)7-3-1-2-4-8(7)16-5-9(15)17/h1-4,15-16H,5-6H2. The molecular weight excluding hydrogens is 314 g/mol. The van der Waals surface area contributed by atoms with Crippen molar-refractivity contribution in [1.29, 1.82) is 0 Å². The molecule has 0 aliphatic rings. The maximum Gasteiger partial charge on any atom is 0.340 e. The smallest absolute Gasteiger partial charge is 0.340 e. The molecule has 1 rings (SSSR count). The van der Waals surface area contributed by atoms with E-state index in [1.807, 2.05) is 0 Å². The SMILES string of the molecule is [NH]C(=O)CNc1ccccc1C(=O)OCC(Cl)(Cl)Cl. The molecule has 0 fully saturated rings. The van der Waals surface area contributed by atoms with Gasteiger partial charge in [0.25, 0.3) is 5.91 Å². The number of esters is 1. The number of rotatable bonds is 5. The van der Waals surface area contributed by atoms with E-state index in [-0.39, 0.29) is 18.7 Å². The van der Waals surface area contributed by atoms with Gasteiger partial charge in [-0.3, -0.25) is 10.5 Å². The highest BCUT2D eigenvalue weighted by Crippen LogP contribution is 2.27. The lowest BCUT2D eigenvalue weighted by molar-refractivity contribution is -0.117. The Morgan fingerprint density at radius 1 is 1.26 bits per heavy atom. The van der Waals surface area contributed by atoms with Gasteiger partial charge in [-0.25, -0.2) is 4.79 Å². The lowest BCUT2D eigenvalue weighted by Gasteiger charge is -2.13. The third-order valence-corrected chi connectivity index (χ3v) is 2.28. The summed E-state index contributed by atoms with van der Waals surface area (Å²) in [6, 6.07) is 6.37. The first-order valence-corrected chi connectivity index (χ1v) is 6.24. The fourth-order valence-corrected chi connectivity index (χ4v) is 1.38. The summed E-state index contributed by atoms with van der Waals surface area (Å²) in [6.07, 6.45) is 0. The van der Waals surface area contributed by atoms with Crippen LogP contribution in [0, 0.1) is 0 Å². The molecular formula is C11H10Cl3N2O3. The van der Waals surface area contributed by atoms with Crippen LogP contribution in [0.1, 0.15) is 10.4 Å². The van der Waals surface area contributed by atoms with Crippen molar-refractivity contribution in [3.05, 3.63) is 29.8 Å². The van der Waals surface area contributed by atoms with Crippen molar-refractivity contribution >= 4 is 52.4 Å². The number of anilines is 1. The van der Waals surface area contributed by atoms with Gasteiger partial charge in [0.05, 0.1) is 12.1 Å². The minimum Gasteiger partial charge on any atom is -0.457 e. The van der Waals surface area contributed by atoms with Crippen molar-refractivity contribution in [3.63, 3.8) is 0 Å². The maximum absolute atomic E-state index is 11.8. The molecule has 0 heterocycles. The Balaban J connectivity index is 2.76. The molecule has 0 aliphatic heterocycles. The van der Waals surface area contributed by atoms with Gasteiger partial charge in [-0.15, -0.1) is 0 Å². The third-order valence-electron chi connectivity index (χ3n) is 1.95. The molecule has 0 bridgehead atoms. The van der Waals surface area contributed by atoms with Gasteiger partial charge in [0.15, 0.2) is 0 Å². The topological polar surface area (TPSA) is 79.2 Å². The number of amides is 1. The second-order valence-corrected chi connectivity index (χ2v) is 6.03. The highest BCUT2D eigenvalue weighted by molar-refractivity contribution is 6.67. The predicted octanol–water partition coefficient (Wildman–Crippen LogP) is 2.44. The van der Waals surface area contributed by atoms with Crippen LogP contribution in [0.5, 0.6) is 0 Å². The van der Waals surface area contributed by atoms with Gasteiger partial charge >= 0.3 is 5.97 Å². The van der Waals surface area contributed by atoms with Gasteiger partial charge < -0.3 is 10.1 Å². The molecule has 1 aromatic carbocycles. The molecule has 1 amide bonds. The van der Waals surface area contributed by atoms with Gasteiger partial charge in [0.2, 0.25) is 3.79 Å². The molecule has 0 aliphatic carbocycles. The van der Waals surface area contributed by atoms with E-state index >= 15 is 0 Å². The van der Waals surface area contributed by atoms with Crippen molar-refractivity contribution < 1.29 is 14.3 Å². The summed E-state index contributed by atoms with van der Waals surface area (Å²) < 4.78 is 3.15. The highest BCUT2D eigenvalue weighted by Gasteiger charge is 2.23. The zero-order valence-corrected chi connectivity index (χ0v) is 11.9. The first-order valence-electron chi connectivity index (χ1n) is 5.11. The minimum absolute atomic E-state index is 0.193. The molecule has 1 radical (unpaired) electrons. The average Bonchev–Trinajstić information content (AvgIpc) is 2.33. The number of ether oxygens (including phenoxy) is 1. The number of hydrogen-bond acceptors (Lipinski definition) is 4. The van der Waals surface area contributed by atoms with Crippen LogP contribution >= 0.6 is 34.8 Å². The third kappa shape index (κ3) is 6.00. The molecule has 5 nitrogen and oxygen atoms in total. The summed E-state index contributed by atoms with van der Waals surface area (Å²) >= 11 is 16.4. The number of para-hydroxylation sites is 1. The Hall–Kier alpha value is -1.17. The van der Waals surface area contributed by atoms with Crippen LogP contribution in [0.3, 0.4) is 0 Å². The van der Waals surface area contributed by atoms with E-state index in [0.717, 1.165) is 0 Å². The van der Waals surface area contributed by atoms with E-state index in [1.165, 1.54) is 6.07 Å². The summed E-state index contributed by atoms with van der Waals surface area (Å²) in [5.41, 5.74) is 7.36. The minimum atomic E-state index is -1.69. The van der Waals surface area contributed by atoms with E-state index in [1.54, 1.807) is 18.2 Å². The molecule has 1 aromatic rings. The molecule has 0 aromatic heterocycles. The van der Waals surface area contributed by atoms with Crippen molar-refractivity contribution in [3.8, 4) is 0 Å². The van der Waals surface area contributed by atoms with Gasteiger partial charge in [0.1, 0.15) is 6.61 Å². The lowest BCUT2D eigenvalue weighted by atomic mass is 10.2. The van der Waals surface area contributed by atoms with Crippen LogP contribution in [0.15, 0.2) is 24.3 Å². The Bertz CT molecular complexity index is 474. The zero-order chi connectivity index (χ0) is 14.5. The number of hydrogen-bond donors (Lipinski definition) is 1. The predicted molar refractivity (Wildman–Crippen MR) is 73.6 cm³/mol. The summed E-state index contributed by atoms with van der Waals surface area (Å²) in [5.74, 6) is -1.49. The van der Waals surface area contributed by atoms with Crippen LogP contribution < -0.4 is 11.1 Å². The van der Waals surface area contributed by atoms with E-state index in [9.17, 15) is 9.59 Å². The van der Waals surface area contributed by atoms with Crippen molar-refractivity contribution in [2.24, 2.45) is 0 Å². The Morgan fingerprint density at radius 3 is 2.47 bits per heavy atom. The second-order valence-electron chi connectivity index (χ2n) is 3.51. The van der Waals surface area contributed by atoms with E-state index < -0.39 is 15.7 Å². The van der Waals surface area contributed by atoms with Gasteiger partial charge in [-0.05, 0) is 12.1 Å². The molecule has 2 N–H and O–H groups in total. The molecule has 103 valence electrons. The highest BCUT2D eigenvalue weighted by atomic mass is 35.6. The Morgan fingerprint density at radius 2 is 1.89 bits per heavy atom. The lowest BCUT2D eigenvalue weighted by Crippen LogP contribution is -2.20. The maximum atomic E-state index is 11.8. The zero-order valence-electron chi connectivity index (χ0n) is 9.58. The molecule has 0 unspecified atom stereocenters. The fraction of sp³-hybridized carbons (Fsp3) is 0.273. The summed E-state index contributed by atoms with van der Waals surface area (Å²) in [5, 5.41) is 2.65. The number of nitrogens with one attached hydrogen (secondary N) is 2. The second kappa shape index (κ2) is 6.84. The van der Waals surface area contributed by atoms with E-state index in [0.29, 0.717) is 5.69 Å². The molecule has 0 saturated heterocycles. The molecule has 0 atom stereocenters. The van der Waals surface area contributed by atoms with Crippen molar-refractivity contribution in [2.45, 2.75) is 3.79 Å². The largest absolute Gasteiger partial charge is 0.457 e. The van der Waals surface area contributed by atoms with Crippen LogP contribution in [-0.2, 0) is 9.53 Å². The van der Waals surface area contributed by atoms with Crippen LogP contribution in [0.25, 0.3) is 0 Å². The Labute approximate surface area is 124 Å². The van der Waals surface area contributed by atoms with E-state index in [2.05, 4.69) is 5.32 Å². The quantitative estimate of drug-likeness (QED) is 0.666. The summed E-state index contributed by atoms with van der Waals surface area (Å²) in [4.78, 5) is 22.4. The molecule has 8 heteroatoms. The van der Waals surface area contributed by atoms with Crippen LogP contribution in [-0.4, -0.2) is 28.8 Å². The summed E-state index contributed by atoms with van der Waals surface area (Å²) in [6.45, 7) is -0.600. The van der Waals surface area contributed by atoms with Gasteiger partial charge in [0, 0.05) is 5.69 Å². The Kier molecular flexibility index (Phi) is 5.72. The number of alkyl halides is 3.